The van der Waals surface area contributed by atoms with Crippen LogP contribution in [0.4, 0.5) is 0 Å². The van der Waals surface area contributed by atoms with Gasteiger partial charge >= 0.3 is 0 Å². The van der Waals surface area contributed by atoms with Crippen LogP contribution in [-0.4, -0.2) is 16.7 Å². The van der Waals surface area contributed by atoms with Crippen molar-refractivity contribution in [3.8, 4) is 0 Å². The third-order valence-corrected chi connectivity index (χ3v) is 4.98. The molecule has 1 aromatic rings. The molecule has 1 fully saturated rings. The maximum Gasteiger partial charge on any atom is 0.233 e. The lowest BCUT2D eigenvalue weighted by Gasteiger charge is -2.25. The Hall–Kier alpha value is -0.900. The average Bonchev–Trinajstić information content (AvgIpc) is 2.97. The molecule has 0 bridgehead atoms. The van der Waals surface area contributed by atoms with E-state index in [1.54, 1.807) is 0 Å². The van der Waals surface area contributed by atoms with Crippen molar-refractivity contribution in [2.24, 2.45) is 11.7 Å². The summed E-state index contributed by atoms with van der Waals surface area (Å²) in [4.78, 5) is 4.64. The van der Waals surface area contributed by atoms with Crippen molar-refractivity contribution in [3.05, 3.63) is 11.7 Å². The highest BCUT2D eigenvalue weighted by molar-refractivity contribution is 5.06. The van der Waals surface area contributed by atoms with Gasteiger partial charge in [0.25, 0.3) is 0 Å². The molecule has 0 aliphatic heterocycles. The Balaban J connectivity index is 2.05. The molecule has 19 heavy (non-hydrogen) atoms. The predicted molar refractivity (Wildman–Crippen MR) is 76.0 cm³/mol. The molecular formula is C15H27N3O. The summed E-state index contributed by atoms with van der Waals surface area (Å²) in [5.74, 6) is 2.99. The largest absolute Gasteiger partial charge is 0.339 e. The van der Waals surface area contributed by atoms with Crippen LogP contribution in [0.1, 0.15) is 76.9 Å². The molecule has 4 nitrogen and oxygen atoms in total. The van der Waals surface area contributed by atoms with Crippen molar-refractivity contribution in [1.29, 1.82) is 0 Å². The van der Waals surface area contributed by atoms with Crippen LogP contribution in [0.25, 0.3) is 0 Å². The van der Waals surface area contributed by atoms with Crippen molar-refractivity contribution in [1.82, 2.24) is 10.1 Å². The number of hydrogen-bond acceptors (Lipinski definition) is 4. The predicted octanol–water partition coefficient (Wildman–Crippen LogP) is 3.38. The molecule has 1 unspecified atom stereocenters. The van der Waals surface area contributed by atoms with Gasteiger partial charge in [-0.25, -0.2) is 0 Å². The minimum absolute atomic E-state index is 0.175. The summed E-state index contributed by atoms with van der Waals surface area (Å²) in [5.41, 5.74) is 5.67. The van der Waals surface area contributed by atoms with E-state index < -0.39 is 0 Å². The summed E-state index contributed by atoms with van der Waals surface area (Å²) >= 11 is 0. The van der Waals surface area contributed by atoms with Crippen LogP contribution >= 0.6 is 0 Å². The SMILES string of the molecule is CCC1CCC(c2noc(C(C)(CC)CN)n2)CC1. The highest BCUT2D eigenvalue weighted by Gasteiger charge is 2.32. The summed E-state index contributed by atoms with van der Waals surface area (Å²) in [7, 11) is 0. The number of hydrogen-bond donors (Lipinski definition) is 1. The van der Waals surface area contributed by atoms with Gasteiger partial charge in [0.15, 0.2) is 5.82 Å². The molecule has 4 heteroatoms. The summed E-state index contributed by atoms with van der Waals surface area (Å²) in [6.07, 6.45) is 7.21. The fraction of sp³-hybridized carbons (Fsp3) is 0.867. The molecule has 1 aliphatic rings. The van der Waals surface area contributed by atoms with E-state index in [9.17, 15) is 0 Å². The molecule has 1 saturated carbocycles. The molecule has 2 N–H and O–H groups in total. The van der Waals surface area contributed by atoms with E-state index >= 15 is 0 Å². The van der Waals surface area contributed by atoms with Crippen LogP contribution in [0.5, 0.6) is 0 Å². The second-order valence-electron chi connectivity index (χ2n) is 6.20. The van der Waals surface area contributed by atoms with E-state index in [0.717, 1.165) is 18.2 Å². The highest BCUT2D eigenvalue weighted by atomic mass is 16.5. The first kappa shape index (κ1) is 14.5. The van der Waals surface area contributed by atoms with Crippen LogP contribution in [0.2, 0.25) is 0 Å². The van der Waals surface area contributed by atoms with E-state index in [4.69, 9.17) is 10.3 Å². The molecule has 2 rings (SSSR count). The molecule has 108 valence electrons. The average molecular weight is 265 g/mol. The zero-order chi connectivity index (χ0) is 13.9. The van der Waals surface area contributed by atoms with E-state index in [2.05, 4.69) is 30.9 Å². The summed E-state index contributed by atoms with van der Waals surface area (Å²) < 4.78 is 5.48. The Morgan fingerprint density at radius 2 is 1.95 bits per heavy atom. The van der Waals surface area contributed by atoms with Gasteiger partial charge in [0, 0.05) is 12.5 Å². The van der Waals surface area contributed by atoms with E-state index in [0.29, 0.717) is 18.4 Å². The summed E-state index contributed by atoms with van der Waals surface area (Å²) in [5, 5.41) is 4.21. The third kappa shape index (κ3) is 2.99. The van der Waals surface area contributed by atoms with Gasteiger partial charge in [0.2, 0.25) is 5.89 Å². The van der Waals surface area contributed by atoms with Crippen LogP contribution in [0, 0.1) is 5.92 Å². The molecular weight excluding hydrogens is 238 g/mol. The van der Waals surface area contributed by atoms with Gasteiger partial charge in [-0.3, -0.25) is 0 Å². The summed E-state index contributed by atoms with van der Waals surface area (Å²) in [6.45, 7) is 7.04. The number of nitrogens with two attached hydrogens (primary N) is 1. The quantitative estimate of drug-likeness (QED) is 0.886. The third-order valence-electron chi connectivity index (χ3n) is 4.98. The van der Waals surface area contributed by atoms with Crippen molar-refractivity contribution in [2.45, 2.75) is 70.6 Å². The van der Waals surface area contributed by atoms with Crippen molar-refractivity contribution >= 4 is 0 Å². The Bertz CT molecular complexity index is 390. The van der Waals surface area contributed by atoms with E-state index in [1.165, 1.54) is 32.1 Å². The molecule has 0 aromatic carbocycles. The van der Waals surface area contributed by atoms with Crippen molar-refractivity contribution in [3.63, 3.8) is 0 Å². The zero-order valence-corrected chi connectivity index (χ0v) is 12.5. The normalized spacial score (nSPS) is 27.2. The molecule has 0 amide bonds. The van der Waals surface area contributed by atoms with Crippen molar-refractivity contribution < 1.29 is 4.52 Å². The lowest BCUT2D eigenvalue weighted by Crippen LogP contribution is -2.31. The maximum atomic E-state index is 5.85. The van der Waals surface area contributed by atoms with Gasteiger partial charge in [-0.2, -0.15) is 4.98 Å². The van der Waals surface area contributed by atoms with Crippen LogP contribution < -0.4 is 5.73 Å². The Morgan fingerprint density at radius 1 is 1.26 bits per heavy atom. The second-order valence-corrected chi connectivity index (χ2v) is 6.20. The fourth-order valence-corrected chi connectivity index (χ4v) is 2.86. The second kappa shape index (κ2) is 6.04. The standard InChI is InChI=1S/C15H27N3O/c1-4-11-6-8-12(9-7-11)13-17-14(19-18-13)15(3,5-2)10-16/h11-12H,4-10,16H2,1-3H3. The van der Waals surface area contributed by atoms with Gasteiger partial charge < -0.3 is 10.3 Å². The van der Waals surface area contributed by atoms with Gasteiger partial charge in [-0.1, -0.05) is 25.4 Å². The minimum atomic E-state index is -0.175. The zero-order valence-electron chi connectivity index (χ0n) is 12.5. The van der Waals surface area contributed by atoms with Gasteiger partial charge in [-0.15, -0.1) is 0 Å². The number of nitrogens with zero attached hydrogens (tertiary/aromatic N) is 2. The topological polar surface area (TPSA) is 64.9 Å². The summed E-state index contributed by atoms with van der Waals surface area (Å²) in [6, 6.07) is 0. The Morgan fingerprint density at radius 3 is 2.47 bits per heavy atom. The number of rotatable bonds is 5. The highest BCUT2D eigenvalue weighted by Crippen LogP contribution is 2.36. The van der Waals surface area contributed by atoms with Crippen LogP contribution in [0.15, 0.2) is 4.52 Å². The first-order valence-corrected chi connectivity index (χ1v) is 7.67. The van der Waals surface area contributed by atoms with Crippen molar-refractivity contribution in [2.75, 3.05) is 6.54 Å². The van der Waals surface area contributed by atoms with Gasteiger partial charge in [0.05, 0.1) is 5.41 Å². The molecule has 1 heterocycles. The minimum Gasteiger partial charge on any atom is -0.339 e. The van der Waals surface area contributed by atoms with E-state index in [-0.39, 0.29) is 5.41 Å². The molecule has 1 aromatic heterocycles. The molecule has 0 radical (unpaired) electrons. The lowest BCUT2D eigenvalue weighted by atomic mass is 9.80. The molecule has 1 aliphatic carbocycles. The monoisotopic (exact) mass is 265 g/mol. The Labute approximate surface area is 116 Å². The van der Waals surface area contributed by atoms with E-state index in [1.807, 2.05) is 0 Å². The Kier molecular flexibility index (Phi) is 4.61. The fourth-order valence-electron chi connectivity index (χ4n) is 2.86. The maximum absolute atomic E-state index is 5.85. The first-order chi connectivity index (χ1) is 9.12. The van der Waals surface area contributed by atoms with Gasteiger partial charge in [0.1, 0.15) is 0 Å². The smallest absolute Gasteiger partial charge is 0.233 e. The van der Waals surface area contributed by atoms with Crippen LogP contribution in [-0.2, 0) is 5.41 Å². The van der Waals surface area contributed by atoms with Crippen LogP contribution in [0.3, 0.4) is 0 Å². The molecule has 1 atom stereocenters. The molecule has 0 saturated heterocycles. The first-order valence-electron chi connectivity index (χ1n) is 7.67. The molecule has 0 spiro atoms. The van der Waals surface area contributed by atoms with Gasteiger partial charge in [-0.05, 0) is 44.9 Å². The number of aromatic nitrogens is 2. The lowest BCUT2D eigenvalue weighted by molar-refractivity contribution is 0.281.